The number of aromatic nitrogens is 1. The molecule has 5 heteroatoms. The molecule has 1 rings (SSSR count). The molecule has 0 aliphatic carbocycles. The first-order chi connectivity index (χ1) is 8.67. The summed E-state index contributed by atoms with van der Waals surface area (Å²) >= 11 is 0. The van der Waals surface area contributed by atoms with E-state index in [0.29, 0.717) is 12.3 Å². The standard InChI is InChI=1S/C13H15NO4/c1-3-18-12(15)9-5-7-10-6-4-8-11(14-10)13(16)17-2/h4-8H,3,9H2,1-2H3. The molecule has 0 saturated carbocycles. The molecule has 96 valence electrons. The quantitative estimate of drug-likeness (QED) is 0.745. The highest BCUT2D eigenvalue weighted by Gasteiger charge is 2.06. The van der Waals surface area contributed by atoms with Gasteiger partial charge in [-0.05, 0) is 25.1 Å². The third kappa shape index (κ3) is 4.37. The normalized spacial score (nSPS) is 10.3. The van der Waals surface area contributed by atoms with Crippen molar-refractivity contribution in [2.24, 2.45) is 0 Å². The predicted octanol–water partition coefficient (Wildman–Crippen LogP) is 1.83. The Labute approximate surface area is 105 Å². The lowest BCUT2D eigenvalue weighted by atomic mass is 10.2. The summed E-state index contributed by atoms with van der Waals surface area (Å²) in [6.45, 7) is 2.12. The molecule has 5 nitrogen and oxygen atoms in total. The van der Waals surface area contributed by atoms with Crippen molar-refractivity contribution in [3.05, 3.63) is 35.7 Å². The van der Waals surface area contributed by atoms with E-state index in [1.165, 1.54) is 7.11 Å². The van der Waals surface area contributed by atoms with Crippen LogP contribution in [0.3, 0.4) is 0 Å². The Morgan fingerprint density at radius 3 is 2.83 bits per heavy atom. The molecule has 0 aliphatic heterocycles. The Hall–Kier alpha value is -2.17. The number of pyridine rings is 1. The fraction of sp³-hybridized carbons (Fsp3) is 0.308. The fourth-order valence-corrected chi connectivity index (χ4v) is 1.26. The van der Waals surface area contributed by atoms with Crippen LogP contribution in [0.2, 0.25) is 0 Å². The van der Waals surface area contributed by atoms with Gasteiger partial charge in [0.2, 0.25) is 0 Å². The zero-order valence-electron chi connectivity index (χ0n) is 10.4. The molecule has 0 amide bonds. The Morgan fingerprint density at radius 2 is 2.17 bits per heavy atom. The Bertz CT molecular complexity index is 454. The largest absolute Gasteiger partial charge is 0.466 e. The lowest BCUT2D eigenvalue weighted by Crippen LogP contribution is -2.04. The van der Waals surface area contributed by atoms with Crippen LogP contribution in [0.1, 0.15) is 29.5 Å². The van der Waals surface area contributed by atoms with E-state index in [1.807, 2.05) is 0 Å². The number of methoxy groups -OCH3 is 1. The second kappa shape index (κ2) is 7.21. The number of hydrogen-bond donors (Lipinski definition) is 0. The SMILES string of the molecule is CCOC(=O)CC=Cc1cccc(C(=O)OC)n1. The lowest BCUT2D eigenvalue weighted by molar-refractivity contribution is -0.142. The molecule has 1 aromatic heterocycles. The van der Waals surface area contributed by atoms with Crippen LogP contribution in [0.25, 0.3) is 6.08 Å². The minimum Gasteiger partial charge on any atom is -0.466 e. The maximum Gasteiger partial charge on any atom is 0.356 e. The Kier molecular flexibility index (Phi) is 5.57. The maximum absolute atomic E-state index is 11.2. The van der Waals surface area contributed by atoms with Gasteiger partial charge in [-0.3, -0.25) is 4.79 Å². The second-order valence-corrected chi connectivity index (χ2v) is 3.35. The molecule has 0 N–H and O–H groups in total. The van der Waals surface area contributed by atoms with Crippen molar-refractivity contribution in [3.8, 4) is 0 Å². The zero-order chi connectivity index (χ0) is 13.4. The van der Waals surface area contributed by atoms with Gasteiger partial charge in [0.15, 0.2) is 0 Å². The van der Waals surface area contributed by atoms with E-state index >= 15 is 0 Å². The van der Waals surface area contributed by atoms with E-state index in [9.17, 15) is 9.59 Å². The van der Waals surface area contributed by atoms with Gasteiger partial charge >= 0.3 is 11.9 Å². The highest BCUT2D eigenvalue weighted by Crippen LogP contribution is 2.04. The van der Waals surface area contributed by atoms with Crippen molar-refractivity contribution < 1.29 is 19.1 Å². The van der Waals surface area contributed by atoms with E-state index in [-0.39, 0.29) is 18.1 Å². The van der Waals surface area contributed by atoms with Gasteiger partial charge < -0.3 is 9.47 Å². The number of rotatable bonds is 5. The van der Waals surface area contributed by atoms with Crippen LogP contribution in [-0.4, -0.2) is 30.6 Å². The number of hydrogen-bond acceptors (Lipinski definition) is 5. The molecule has 1 aromatic rings. The van der Waals surface area contributed by atoms with E-state index in [4.69, 9.17) is 4.74 Å². The van der Waals surface area contributed by atoms with Crippen LogP contribution in [-0.2, 0) is 14.3 Å². The molecule has 1 heterocycles. The number of carbonyl (C=O) groups excluding carboxylic acids is 2. The minimum atomic E-state index is -0.490. The third-order valence-electron chi connectivity index (χ3n) is 2.04. The molecule has 0 fully saturated rings. The molecule has 0 atom stereocenters. The Balaban J connectivity index is 2.64. The third-order valence-corrected chi connectivity index (χ3v) is 2.04. The first-order valence-electron chi connectivity index (χ1n) is 5.55. The smallest absolute Gasteiger partial charge is 0.356 e. The summed E-state index contributed by atoms with van der Waals surface area (Å²) < 4.78 is 9.34. The van der Waals surface area contributed by atoms with Gasteiger partial charge in [0.1, 0.15) is 5.69 Å². The molecule has 0 radical (unpaired) electrons. The van der Waals surface area contributed by atoms with E-state index in [2.05, 4.69) is 9.72 Å². The van der Waals surface area contributed by atoms with Crippen LogP contribution in [0, 0.1) is 0 Å². The van der Waals surface area contributed by atoms with Crippen LogP contribution in [0.5, 0.6) is 0 Å². The van der Waals surface area contributed by atoms with Crippen LogP contribution in [0.4, 0.5) is 0 Å². The molecule has 0 unspecified atom stereocenters. The van der Waals surface area contributed by atoms with E-state index < -0.39 is 5.97 Å². The average molecular weight is 249 g/mol. The van der Waals surface area contributed by atoms with E-state index in [0.717, 1.165) is 0 Å². The molecule has 0 spiro atoms. The van der Waals surface area contributed by atoms with Gasteiger partial charge in [-0.2, -0.15) is 0 Å². The van der Waals surface area contributed by atoms with Gasteiger partial charge in [-0.15, -0.1) is 0 Å². The van der Waals surface area contributed by atoms with Crippen LogP contribution in [0.15, 0.2) is 24.3 Å². The second-order valence-electron chi connectivity index (χ2n) is 3.35. The van der Waals surface area contributed by atoms with Gasteiger partial charge in [-0.1, -0.05) is 12.1 Å². The topological polar surface area (TPSA) is 65.5 Å². The summed E-state index contributed by atoms with van der Waals surface area (Å²) in [7, 11) is 1.30. The highest BCUT2D eigenvalue weighted by atomic mass is 16.5. The van der Waals surface area contributed by atoms with Crippen molar-refractivity contribution in [1.82, 2.24) is 4.98 Å². The van der Waals surface area contributed by atoms with Gasteiger partial charge in [0.25, 0.3) is 0 Å². The summed E-state index contributed by atoms with van der Waals surface area (Å²) in [5.41, 5.74) is 0.818. The highest BCUT2D eigenvalue weighted by molar-refractivity contribution is 5.87. The summed E-state index contributed by atoms with van der Waals surface area (Å²) in [6.07, 6.45) is 3.47. The first-order valence-corrected chi connectivity index (χ1v) is 5.55. The molecule has 0 saturated heterocycles. The van der Waals surface area contributed by atoms with Crippen molar-refractivity contribution in [2.75, 3.05) is 13.7 Å². The van der Waals surface area contributed by atoms with Crippen LogP contribution >= 0.6 is 0 Å². The van der Waals surface area contributed by atoms with Crippen molar-refractivity contribution >= 4 is 18.0 Å². The summed E-state index contributed by atoms with van der Waals surface area (Å²) in [5.74, 6) is -0.784. The summed E-state index contributed by atoms with van der Waals surface area (Å²) in [5, 5.41) is 0. The van der Waals surface area contributed by atoms with Gasteiger partial charge in [0.05, 0.1) is 25.8 Å². The Morgan fingerprint density at radius 1 is 1.39 bits per heavy atom. The van der Waals surface area contributed by atoms with E-state index in [1.54, 1.807) is 37.3 Å². The number of esters is 2. The maximum atomic E-state index is 11.2. The van der Waals surface area contributed by atoms with Crippen molar-refractivity contribution in [3.63, 3.8) is 0 Å². The van der Waals surface area contributed by atoms with Crippen molar-refractivity contribution in [1.29, 1.82) is 0 Å². The molecule has 18 heavy (non-hydrogen) atoms. The number of carbonyl (C=O) groups is 2. The fourth-order valence-electron chi connectivity index (χ4n) is 1.26. The molecule has 0 aliphatic rings. The molecule has 0 aromatic carbocycles. The minimum absolute atomic E-state index is 0.179. The number of ether oxygens (including phenoxy) is 2. The first kappa shape index (κ1) is 13.9. The predicted molar refractivity (Wildman–Crippen MR) is 65.9 cm³/mol. The summed E-state index contributed by atoms with van der Waals surface area (Å²) in [4.78, 5) is 26.4. The van der Waals surface area contributed by atoms with Crippen molar-refractivity contribution in [2.45, 2.75) is 13.3 Å². The monoisotopic (exact) mass is 249 g/mol. The average Bonchev–Trinajstić information content (AvgIpc) is 2.38. The number of nitrogens with zero attached hydrogens (tertiary/aromatic N) is 1. The van der Waals surface area contributed by atoms with Gasteiger partial charge in [0, 0.05) is 0 Å². The summed E-state index contributed by atoms with van der Waals surface area (Å²) in [6, 6.07) is 4.99. The zero-order valence-corrected chi connectivity index (χ0v) is 10.4. The molecule has 0 bridgehead atoms. The lowest BCUT2D eigenvalue weighted by Gasteiger charge is -1.99. The van der Waals surface area contributed by atoms with Gasteiger partial charge in [-0.25, -0.2) is 9.78 Å². The van der Waals surface area contributed by atoms with Crippen LogP contribution < -0.4 is 0 Å². The molecular formula is C13H15NO4. The molecular weight excluding hydrogens is 234 g/mol.